The number of halogens is 3. The summed E-state index contributed by atoms with van der Waals surface area (Å²) in [6.07, 6.45) is -1.87. The Kier molecular flexibility index (Phi) is 3.84. The van der Waals surface area contributed by atoms with Crippen molar-refractivity contribution in [1.29, 1.82) is 0 Å². The van der Waals surface area contributed by atoms with Gasteiger partial charge in [0.05, 0.1) is 17.6 Å². The number of hydrogen-bond donors (Lipinski definition) is 1. The predicted molar refractivity (Wildman–Crippen MR) is 86.2 cm³/mol. The van der Waals surface area contributed by atoms with Gasteiger partial charge in [0, 0.05) is 19.3 Å². The summed E-state index contributed by atoms with van der Waals surface area (Å²) in [6, 6.07) is 7.41. The van der Waals surface area contributed by atoms with E-state index in [9.17, 15) is 13.2 Å². The van der Waals surface area contributed by atoms with E-state index in [0.717, 1.165) is 11.5 Å². The number of rotatable bonds is 2. The first-order chi connectivity index (χ1) is 12.0. The van der Waals surface area contributed by atoms with Crippen LogP contribution in [0.15, 0.2) is 42.9 Å². The predicted octanol–water partition coefficient (Wildman–Crippen LogP) is 3.55. The number of anilines is 1. The molecule has 1 aliphatic rings. The maximum atomic E-state index is 13.3. The number of benzene rings is 1. The minimum absolute atomic E-state index is 0.152. The molecule has 1 saturated heterocycles. The third-order valence-electron chi connectivity index (χ3n) is 4.31. The number of aromatic amines is 1. The second-order valence-electron chi connectivity index (χ2n) is 5.83. The highest BCUT2D eigenvalue weighted by Gasteiger charge is 2.36. The van der Waals surface area contributed by atoms with Gasteiger partial charge in [-0.15, -0.1) is 0 Å². The van der Waals surface area contributed by atoms with Crippen LogP contribution in [-0.2, 0) is 10.9 Å². The fraction of sp³-hybridized carbons (Fsp3) is 0.294. The molecule has 1 aromatic carbocycles. The molecule has 1 atom stereocenters. The molecule has 1 N–H and O–H groups in total. The molecule has 5 nitrogen and oxygen atoms in total. The third kappa shape index (κ3) is 2.93. The van der Waals surface area contributed by atoms with Crippen LogP contribution in [0.3, 0.4) is 0 Å². The molecule has 4 rings (SSSR count). The molecule has 0 bridgehead atoms. The monoisotopic (exact) mass is 348 g/mol. The number of H-pyrrole nitrogens is 1. The first-order valence-corrected chi connectivity index (χ1v) is 7.85. The van der Waals surface area contributed by atoms with Crippen molar-refractivity contribution in [2.24, 2.45) is 0 Å². The lowest BCUT2D eigenvalue weighted by Gasteiger charge is -2.35. The minimum atomic E-state index is -4.41. The van der Waals surface area contributed by atoms with Gasteiger partial charge in [-0.05, 0) is 17.7 Å². The molecule has 25 heavy (non-hydrogen) atoms. The Hall–Kier alpha value is -2.61. The van der Waals surface area contributed by atoms with E-state index in [0.29, 0.717) is 31.2 Å². The normalized spacial score (nSPS) is 18.7. The van der Waals surface area contributed by atoms with Crippen LogP contribution in [0.2, 0.25) is 0 Å². The molecule has 0 saturated carbocycles. The molecule has 8 heteroatoms. The number of fused-ring (bicyclic) bond motifs is 1. The van der Waals surface area contributed by atoms with Gasteiger partial charge in [0.1, 0.15) is 23.9 Å². The van der Waals surface area contributed by atoms with Gasteiger partial charge in [0.25, 0.3) is 0 Å². The lowest BCUT2D eigenvalue weighted by atomic mass is 10.0. The highest BCUT2D eigenvalue weighted by molar-refractivity contribution is 5.87. The molecule has 0 radical (unpaired) electrons. The summed E-state index contributed by atoms with van der Waals surface area (Å²) < 4.78 is 45.5. The van der Waals surface area contributed by atoms with Crippen molar-refractivity contribution in [2.75, 3.05) is 24.6 Å². The first-order valence-electron chi connectivity index (χ1n) is 7.85. The van der Waals surface area contributed by atoms with Gasteiger partial charge >= 0.3 is 6.18 Å². The number of ether oxygens (including phenoxy) is 1. The van der Waals surface area contributed by atoms with Gasteiger partial charge < -0.3 is 14.6 Å². The van der Waals surface area contributed by atoms with E-state index in [1.165, 1.54) is 18.5 Å². The smallest absolute Gasteiger partial charge is 0.370 e. The number of nitrogens with one attached hydrogen (secondary N) is 1. The van der Waals surface area contributed by atoms with Crippen LogP contribution >= 0.6 is 0 Å². The second-order valence-corrected chi connectivity index (χ2v) is 5.83. The van der Waals surface area contributed by atoms with Crippen LogP contribution in [0.1, 0.15) is 17.2 Å². The van der Waals surface area contributed by atoms with Crippen molar-refractivity contribution >= 4 is 16.9 Å². The zero-order chi connectivity index (χ0) is 17.4. The number of hydrogen-bond acceptors (Lipinski definition) is 4. The van der Waals surface area contributed by atoms with Gasteiger partial charge in [-0.3, -0.25) is 0 Å². The van der Waals surface area contributed by atoms with Crippen LogP contribution in [0.5, 0.6) is 0 Å². The van der Waals surface area contributed by atoms with E-state index >= 15 is 0 Å². The van der Waals surface area contributed by atoms with Crippen LogP contribution in [-0.4, -0.2) is 34.6 Å². The molecule has 130 valence electrons. The number of morpholine rings is 1. The average molecular weight is 348 g/mol. The molecular weight excluding hydrogens is 333 g/mol. The van der Waals surface area contributed by atoms with Gasteiger partial charge in [-0.2, -0.15) is 13.2 Å². The molecule has 0 aliphatic carbocycles. The van der Waals surface area contributed by atoms with Crippen molar-refractivity contribution in [3.63, 3.8) is 0 Å². The van der Waals surface area contributed by atoms with Crippen molar-refractivity contribution in [3.8, 4) is 0 Å². The highest BCUT2D eigenvalue weighted by Crippen LogP contribution is 2.37. The standard InChI is InChI=1S/C17H15F3N4O/c18-17(19,20)13-4-2-1-3-11(13)14-9-24(7-8-25-14)16-12-5-6-21-15(12)22-10-23-16/h1-6,10,14H,7-9H2,(H,21,22,23)/t14-/m0/s1. The number of aromatic nitrogens is 3. The first kappa shape index (κ1) is 15.9. The minimum Gasteiger partial charge on any atom is -0.370 e. The number of alkyl halides is 3. The van der Waals surface area contributed by atoms with Gasteiger partial charge in [-0.25, -0.2) is 9.97 Å². The summed E-state index contributed by atoms with van der Waals surface area (Å²) in [5, 5.41) is 0.840. The van der Waals surface area contributed by atoms with E-state index in [1.807, 2.05) is 11.0 Å². The lowest BCUT2D eigenvalue weighted by Crippen LogP contribution is -2.39. The SMILES string of the molecule is FC(F)(F)c1ccccc1[C@@H]1CN(c2ncnc3[nH]ccc23)CCO1. The summed E-state index contributed by atoms with van der Waals surface area (Å²) >= 11 is 0. The fourth-order valence-corrected chi connectivity index (χ4v) is 3.18. The third-order valence-corrected chi connectivity index (χ3v) is 4.31. The van der Waals surface area contributed by atoms with E-state index < -0.39 is 17.8 Å². The highest BCUT2D eigenvalue weighted by atomic mass is 19.4. The molecular formula is C17H15F3N4O. The van der Waals surface area contributed by atoms with Crippen molar-refractivity contribution < 1.29 is 17.9 Å². The maximum Gasteiger partial charge on any atom is 0.416 e. The quantitative estimate of drug-likeness (QED) is 0.769. The van der Waals surface area contributed by atoms with E-state index in [1.54, 1.807) is 12.3 Å². The van der Waals surface area contributed by atoms with Crippen LogP contribution in [0.25, 0.3) is 11.0 Å². The van der Waals surface area contributed by atoms with Gasteiger partial charge in [0.15, 0.2) is 0 Å². The van der Waals surface area contributed by atoms with Crippen molar-refractivity contribution in [3.05, 3.63) is 54.0 Å². The Balaban J connectivity index is 1.68. The fourth-order valence-electron chi connectivity index (χ4n) is 3.18. The van der Waals surface area contributed by atoms with Crippen LogP contribution < -0.4 is 4.90 Å². The summed E-state index contributed by atoms with van der Waals surface area (Å²) in [5.41, 5.74) is 0.194. The van der Waals surface area contributed by atoms with E-state index in [4.69, 9.17) is 4.74 Å². The molecule has 0 unspecified atom stereocenters. The van der Waals surface area contributed by atoms with Gasteiger partial charge in [-0.1, -0.05) is 18.2 Å². The summed E-state index contributed by atoms with van der Waals surface area (Å²) in [4.78, 5) is 13.4. The zero-order valence-electron chi connectivity index (χ0n) is 13.1. The molecule has 0 spiro atoms. The van der Waals surface area contributed by atoms with Gasteiger partial charge in [0.2, 0.25) is 0 Å². The Bertz CT molecular complexity index is 893. The zero-order valence-corrected chi connectivity index (χ0v) is 13.1. The average Bonchev–Trinajstić information content (AvgIpc) is 3.10. The van der Waals surface area contributed by atoms with Crippen molar-refractivity contribution in [1.82, 2.24) is 15.0 Å². The number of nitrogens with zero attached hydrogens (tertiary/aromatic N) is 3. The summed E-state index contributed by atoms with van der Waals surface area (Å²) in [7, 11) is 0. The largest absolute Gasteiger partial charge is 0.416 e. The molecule has 2 aromatic heterocycles. The van der Waals surface area contributed by atoms with Crippen LogP contribution in [0, 0.1) is 0 Å². The Morgan fingerprint density at radius 3 is 2.84 bits per heavy atom. The maximum absolute atomic E-state index is 13.3. The molecule has 1 fully saturated rings. The summed E-state index contributed by atoms with van der Waals surface area (Å²) in [5.74, 6) is 0.698. The van der Waals surface area contributed by atoms with E-state index in [-0.39, 0.29) is 5.56 Å². The Morgan fingerprint density at radius 1 is 1.16 bits per heavy atom. The summed E-state index contributed by atoms with van der Waals surface area (Å²) in [6.45, 7) is 1.18. The molecule has 3 aromatic rings. The molecule has 1 aliphatic heterocycles. The Labute approximate surface area is 141 Å². The molecule has 0 amide bonds. The topological polar surface area (TPSA) is 54.0 Å². The van der Waals surface area contributed by atoms with E-state index in [2.05, 4.69) is 15.0 Å². The Morgan fingerprint density at radius 2 is 2.00 bits per heavy atom. The van der Waals surface area contributed by atoms with Crippen molar-refractivity contribution in [2.45, 2.75) is 12.3 Å². The molecule has 3 heterocycles. The lowest BCUT2D eigenvalue weighted by molar-refractivity contribution is -0.139. The van der Waals surface area contributed by atoms with Crippen LogP contribution in [0.4, 0.5) is 19.0 Å². The second kappa shape index (κ2) is 6.03.